The van der Waals surface area contributed by atoms with Crippen LogP contribution in [0.15, 0.2) is 24.3 Å². The van der Waals surface area contributed by atoms with E-state index in [1.807, 2.05) is 18.7 Å². The molecule has 1 aromatic rings. The van der Waals surface area contributed by atoms with E-state index in [4.69, 9.17) is 5.11 Å². The fourth-order valence-corrected chi connectivity index (χ4v) is 3.54. The van der Waals surface area contributed by atoms with Crippen molar-refractivity contribution in [2.75, 3.05) is 31.5 Å². The number of hydrogen-bond acceptors (Lipinski definition) is 5. The summed E-state index contributed by atoms with van der Waals surface area (Å²) in [6.45, 7) is 7.62. The highest BCUT2D eigenvalue weighted by atomic mass is 16.4. The van der Waals surface area contributed by atoms with Gasteiger partial charge in [0.2, 0.25) is 5.91 Å². The van der Waals surface area contributed by atoms with Gasteiger partial charge in [-0.25, -0.2) is 0 Å². The van der Waals surface area contributed by atoms with Crippen LogP contribution in [0.25, 0.3) is 0 Å². The quantitative estimate of drug-likeness (QED) is 0.676. The van der Waals surface area contributed by atoms with Crippen molar-refractivity contribution >= 4 is 23.3 Å². The van der Waals surface area contributed by atoms with Crippen LogP contribution in [-0.2, 0) is 9.59 Å². The van der Waals surface area contributed by atoms with Crippen LogP contribution in [0.2, 0.25) is 0 Å². The summed E-state index contributed by atoms with van der Waals surface area (Å²) in [4.78, 5) is 39.2. The molecule has 148 valence electrons. The first-order valence-electron chi connectivity index (χ1n) is 9.43. The summed E-state index contributed by atoms with van der Waals surface area (Å²) in [6, 6.07) is 6.89. The first-order valence-corrected chi connectivity index (χ1v) is 9.43. The van der Waals surface area contributed by atoms with Gasteiger partial charge < -0.3 is 10.4 Å². The number of rotatable bonds is 8. The molecule has 1 aliphatic heterocycles. The Labute approximate surface area is 160 Å². The van der Waals surface area contributed by atoms with E-state index in [9.17, 15) is 14.4 Å². The molecule has 0 aliphatic carbocycles. The average Bonchev–Trinajstić information content (AvgIpc) is 2.65. The van der Waals surface area contributed by atoms with Crippen molar-refractivity contribution in [3.8, 4) is 0 Å². The number of piperidine rings is 1. The molecule has 0 spiro atoms. The number of nitrogens with zero attached hydrogens (tertiary/aromatic N) is 2. The molecule has 1 unspecified atom stereocenters. The van der Waals surface area contributed by atoms with Crippen molar-refractivity contribution in [3.63, 3.8) is 0 Å². The first kappa shape index (κ1) is 21.1. The monoisotopic (exact) mass is 375 g/mol. The zero-order chi connectivity index (χ0) is 20.0. The van der Waals surface area contributed by atoms with E-state index in [-0.39, 0.29) is 30.3 Å². The number of Topliss-reactive ketones (excluding diaryl/α,β-unsaturated/α-hetero) is 1. The van der Waals surface area contributed by atoms with E-state index in [1.165, 1.54) is 6.92 Å². The van der Waals surface area contributed by atoms with Crippen molar-refractivity contribution in [1.29, 1.82) is 0 Å². The summed E-state index contributed by atoms with van der Waals surface area (Å²) in [5.74, 6) is -0.949. The third kappa shape index (κ3) is 5.87. The molecule has 1 fully saturated rings. The summed E-state index contributed by atoms with van der Waals surface area (Å²) >= 11 is 0. The molecule has 2 rings (SSSR count). The second kappa shape index (κ2) is 9.62. The maximum atomic E-state index is 12.6. The van der Waals surface area contributed by atoms with Gasteiger partial charge in [-0.3, -0.25) is 24.2 Å². The zero-order valence-corrected chi connectivity index (χ0v) is 16.3. The van der Waals surface area contributed by atoms with Crippen molar-refractivity contribution in [3.05, 3.63) is 29.8 Å². The van der Waals surface area contributed by atoms with E-state index in [0.29, 0.717) is 17.8 Å². The highest BCUT2D eigenvalue weighted by molar-refractivity contribution is 5.98. The molecule has 27 heavy (non-hydrogen) atoms. The van der Waals surface area contributed by atoms with Gasteiger partial charge in [-0.2, -0.15) is 0 Å². The molecule has 7 heteroatoms. The fraction of sp³-hybridized carbons (Fsp3) is 0.550. The number of carboxylic acids is 1. The minimum absolute atomic E-state index is 0.0388. The lowest BCUT2D eigenvalue weighted by Gasteiger charge is -2.39. The number of carbonyl (C=O) groups excluding carboxylic acids is 2. The zero-order valence-electron chi connectivity index (χ0n) is 16.3. The highest BCUT2D eigenvalue weighted by Gasteiger charge is 2.29. The van der Waals surface area contributed by atoms with Crippen LogP contribution in [-0.4, -0.2) is 70.8 Å². The molecule has 1 heterocycles. The lowest BCUT2D eigenvalue weighted by molar-refractivity contribution is -0.139. The second-order valence-corrected chi connectivity index (χ2v) is 7.03. The van der Waals surface area contributed by atoms with E-state index in [2.05, 4.69) is 10.2 Å². The number of ketones is 1. The summed E-state index contributed by atoms with van der Waals surface area (Å²) < 4.78 is 0. The van der Waals surface area contributed by atoms with Crippen LogP contribution in [0.3, 0.4) is 0 Å². The molecule has 1 saturated heterocycles. The molecule has 1 amide bonds. The van der Waals surface area contributed by atoms with Gasteiger partial charge in [0.25, 0.3) is 0 Å². The Kier molecular flexibility index (Phi) is 7.50. The summed E-state index contributed by atoms with van der Waals surface area (Å²) in [7, 11) is 0. The number of carboxylic acid groups (broad SMARTS) is 1. The number of benzene rings is 1. The molecular weight excluding hydrogens is 346 g/mol. The van der Waals surface area contributed by atoms with Gasteiger partial charge in [-0.1, -0.05) is 19.1 Å². The maximum absolute atomic E-state index is 12.6. The van der Waals surface area contributed by atoms with Crippen molar-refractivity contribution < 1.29 is 19.5 Å². The van der Waals surface area contributed by atoms with E-state index in [1.54, 1.807) is 24.3 Å². The lowest BCUT2D eigenvalue weighted by atomic mass is 10.0. The Morgan fingerprint density at radius 2 is 1.96 bits per heavy atom. The van der Waals surface area contributed by atoms with Crippen LogP contribution >= 0.6 is 0 Å². The van der Waals surface area contributed by atoms with Gasteiger partial charge in [0.1, 0.15) is 0 Å². The number of likely N-dealkylation sites (tertiary alicyclic amines) is 1. The topological polar surface area (TPSA) is 90.0 Å². The van der Waals surface area contributed by atoms with Gasteiger partial charge in [0, 0.05) is 30.4 Å². The third-order valence-electron chi connectivity index (χ3n) is 5.22. The minimum atomic E-state index is -0.806. The van der Waals surface area contributed by atoms with Crippen LogP contribution in [0.5, 0.6) is 0 Å². The largest absolute Gasteiger partial charge is 0.480 e. The number of aliphatic carboxylic acids is 1. The highest BCUT2D eigenvalue weighted by Crippen LogP contribution is 2.19. The van der Waals surface area contributed by atoms with E-state index < -0.39 is 5.97 Å². The molecular formula is C20H29N3O4. The number of nitrogens with one attached hydrogen (secondary N) is 1. The molecule has 2 N–H and O–H groups in total. The average molecular weight is 375 g/mol. The van der Waals surface area contributed by atoms with Crippen molar-refractivity contribution in [2.45, 2.75) is 45.7 Å². The predicted octanol–water partition coefficient (Wildman–Crippen LogP) is 2.09. The van der Waals surface area contributed by atoms with Gasteiger partial charge in [-0.05, 0) is 45.4 Å². The van der Waals surface area contributed by atoms with Crippen molar-refractivity contribution in [1.82, 2.24) is 9.80 Å². The van der Waals surface area contributed by atoms with Gasteiger partial charge in [-0.15, -0.1) is 0 Å². The Morgan fingerprint density at radius 3 is 2.52 bits per heavy atom. The predicted molar refractivity (Wildman–Crippen MR) is 104 cm³/mol. The third-order valence-corrected chi connectivity index (χ3v) is 5.22. The van der Waals surface area contributed by atoms with Gasteiger partial charge in [0.05, 0.1) is 12.6 Å². The lowest BCUT2D eigenvalue weighted by Crippen LogP contribution is -2.51. The second-order valence-electron chi connectivity index (χ2n) is 7.03. The Balaban J connectivity index is 1.90. The van der Waals surface area contributed by atoms with Gasteiger partial charge in [0.15, 0.2) is 5.78 Å². The maximum Gasteiger partial charge on any atom is 0.317 e. The molecule has 1 aliphatic rings. The summed E-state index contributed by atoms with van der Waals surface area (Å²) in [5.41, 5.74) is 1.19. The molecule has 1 atom stereocenters. The molecule has 0 saturated carbocycles. The summed E-state index contributed by atoms with van der Waals surface area (Å²) in [6.07, 6.45) is 1.69. The number of hydrogen-bond donors (Lipinski definition) is 2. The Hall–Kier alpha value is -2.25. The molecule has 1 aromatic carbocycles. The number of likely N-dealkylation sites (N-methyl/N-ethyl adjacent to an activating group) is 1. The van der Waals surface area contributed by atoms with E-state index in [0.717, 1.165) is 25.9 Å². The van der Waals surface area contributed by atoms with Crippen LogP contribution in [0.4, 0.5) is 5.69 Å². The first-order chi connectivity index (χ1) is 12.8. The van der Waals surface area contributed by atoms with Crippen LogP contribution in [0, 0.1) is 0 Å². The van der Waals surface area contributed by atoms with Crippen LogP contribution in [0.1, 0.15) is 44.0 Å². The number of anilines is 1. The molecule has 0 aromatic heterocycles. The fourth-order valence-electron chi connectivity index (χ4n) is 3.54. The number of carbonyl (C=O) groups is 3. The smallest absolute Gasteiger partial charge is 0.317 e. The van der Waals surface area contributed by atoms with Crippen molar-refractivity contribution in [2.24, 2.45) is 0 Å². The normalized spacial score (nSPS) is 16.9. The van der Waals surface area contributed by atoms with Gasteiger partial charge >= 0.3 is 5.97 Å². The summed E-state index contributed by atoms with van der Waals surface area (Å²) in [5, 5.41) is 11.9. The molecule has 0 bridgehead atoms. The standard InChI is InChI=1S/C20H29N3O4/c1-4-22(13-19(25)26)18-8-10-23(11-9-18)14(2)20(27)21-17-7-5-6-16(12-17)15(3)24/h5-7,12,14,18H,4,8-11,13H2,1-3H3,(H,21,27)(H,25,26). The minimum Gasteiger partial charge on any atom is -0.480 e. The SMILES string of the molecule is CCN(CC(=O)O)C1CCN(C(C)C(=O)Nc2cccc(C(C)=O)c2)CC1. The molecule has 0 radical (unpaired) electrons. The Morgan fingerprint density at radius 1 is 1.30 bits per heavy atom. The molecule has 7 nitrogen and oxygen atoms in total. The van der Waals surface area contributed by atoms with Crippen LogP contribution < -0.4 is 5.32 Å². The number of amides is 1. The van der Waals surface area contributed by atoms with E-state index >= 15 is 0 Å². The Bertz CT molecular complexity index is 684.